The Kier molecular flexibility index (Phi) is 6.18. The molecule has 132 valence electrons. The highest BCUT2D eigenvalue weighted by atomic mass is 19.1. The van der Waals surface area contributed by atoms with Crippen LogP contribution in [-0.2, 0) is 17.8 Å². The number of rotatable bonds is 8. The molecule has 2 aromatic rings. The molecule has 2 aromatic carbocycles. The fraction of sp³-hybridized carbons (Fsp3) is 0.381. The van der Waals surface area contributed by atoms with Crippen LogP contribution < -0.4 is 5.32 Å². The van der Waals surface area contributed by atoms with Crippen LogP contribution in [-0.4, -0.2) is 29.9 Å². The van der Waals surface area contributed by atoms with Gasteiger partial charge in [0, 0.05) is 25.6 Å². The molecule has 1 aliphatic heterocycles. The summed E-state index contributed by atoms with van der Waals surface area (Å²) in [4.78, 5) is 14.1. The second-order valence-corrected chi connectivity index (χ2v) is 6.57. The van der Waals surface area contributed by atoms with Crippen molar-refractivity contribution in [3.63, 3.8) is 0 Å². The Balaban J connectivity index is 1.45. The summed E-state index contributed by atoms with van der Waals surface area (Å²) in [5.41, 5.74) is 1.95. The minimum absolute atomic E-state index is 0.185. The number of nitrogens with zero attached hydrogens (tertiary/aromatic N) is 1. The predicted molar refractivity (Wildman–Crippen MR) is 97.6 cm³/mol. The normalized spacial score (nSPS) is 17.2. The summed E-state index contributed by atoms with van der Waals surface area (Å²) in [6.45, 7) is 2.32. The molecule has 1 heterocycles. The molecule has 0 unspecified atom stereocenters. The molecule has 0 bridgehead atoms. The first-order valence-electron chi connectivity index (χ1n) is 9.01. The first kappa shape index (κ1) is 17.6. The van der Waals surface area contributed by atoms with Gasteiger partial charge in [-0.05, 0) is 43.0 Å². The van der Waals surface area contributed by atoms with Gasteiger partial charge in [-0.1, -0.05) is 48.5 Å². The first-order valence-corrected chi connectivity index (χ1v) is 9.01. The lowest BCUT2D eigenvalue weighted by atomic mass is 10.1. The standard InChI is InChI=1S/C21H25FN2O/c22-20-9-5-4-8-18(20)13-15-24-19(10-11-21(24)25)12-14-23-16-17-6-2-1-3-7-17/h1-9,19,23H,10-16H2/t19-/m0/s1. The second kappa shape index (κ2) is 8.77. The molecule has 1 fully saturated rings. The van der Waals surface area contributed by atoms with Crippen LogP contribution in [0, 0.1) is 5.82 Å². The van der Waals surface area contributed by atoms with E-state index < -0.39 is 0 Å². The summed E-state index contributed by atoms with van der Waals surface area (Å²) >= 11 is 0. The van der Waals surface area contributed by atoms with Gasteiger partial charge in [0.25, 0.3) is 0 Å². The molecule has 0 saturated carbocycles. The van der Waals surface area contributed by atoms with E-state index in [0.29, 0.717) is 24.9 Å². The van der Waals surface area contributed by atoms with E-state index >= 15 is 0 Å². The van der Waals surface area contributed by atoms with Crippen molar-refractivity contribution < 1.29 is 9.18 Å². The average molecular weight is 340 g/mol. The third-order valence-electron chi connectivity index (χ3n) is 4.86. The molecule has 1 atom stereocenters. The molecule has 1 amide bonds. The maximum Gasteiger partial charge on any atom is 0.222 e. The Morgan fingerprint density at radius 2 is 1.84 bits per heavy atom. The van der Waals surface area contributed by atoms with Crippen molar-refractivity contribution in [2.24, 2.45) is 0 Å². The number of carbonyl (C=O) groups excluding carboxylic acids is 1. The monoisotopic (exact) mass is 340 g/mol. The van der Waals surface area contributed by atoms with Gasteiger partial charge < -0.3 is 10.2 Å². The van der Waals surface area contributed by atoms with Crippen LogP contribution in [0.2, 0.25) is 0 Å². The van der Waals surface area contributed by atoms with Gasteiger partial charge in [-0.3, -0.25) is 4.79 Å². The lowest BCUT2D eigenvalue weighted by Crippen LogP contribution is -2.36. The van der Waals surface area contributed by atoms with E-state index in [0.717, 1.165) is 25.9 Å². The fourth-order valence-corrected chi connectivity index (χ4v) is 3.44. The summed E-state index contributed by atoms with van der Waals surface area (Å²) in [7, 11) is 0. The van der Waals surface area contributed by atoms with Crippen LogP contribution in [0.4, 0.5) is 4.39 Å². The molecule has 4 heteroatoms. The molecule has 0 spiro atoms. The fourth-order valence-electron chi connectivity index (χ4n) is 3.44. The zero-order valence-corrected chi connectivity index (χ0v) is 14.5. The van der Waals surface area contributed by atoms with Crippen molar-refractivity contribution in [3.05, 3.63) is 71.5 Å². The highest BCUT2D eigenvalue weighted by Crippen LogP contribution is 2.22. The van der Waals surface area contributed by atoms with Gasteiger partial charge in [0.15, 0.2) is 0 Å². The van der Waals surface area contributed by atoms with Crippen LogP contribution in [0.5, 0.6) is 0 Å². The predicted octanol–water partition coefficient (Wildman–Crippen LogP) is 3.54. The van der Waals surface area contributed by atoms with Crippen LogP contribution in [0.3, 0.4) is 0 Å². The number of hydrogen-bond donors (Lipinski definition) is 1. The highest BCUT2D eigenvalue weighted by Gasteiger charge is 2.30. The molecule has 0 aromatic heterocycles. The van der Waals surface area contributed by atoms with Gasteiger partial charge in [0.05, 0.1) is 0 Å². The zero-order chi connectivity index (χ0) is 17.5. The van der Waals surface area contributed by atoms with Gasteiger partial charge in [-0.25, -0.2) is 4.39 Å². The highest BCUT2D eigenvalue weighted by molar-refractivity contribution is 5.78. The molecule has 1 N–H and O–H groups in total. The molecule has 1 aliphatic rings. The topological polar surface area (TPSA) is 32.3 Å². The Labute approximate surface area is 148 Å². The molecule has 3 rings (SSSR count). The number of likely N-dealkylation sites (tertiary alicyclic amines) is 1. The number of nitrogens with one attached hydrogen (secondary N) is 1. The first-order chi connectivity index (χ1) is 12.2. The van der Waals surface area contributed by atoms with E-state index in [1.54, 1.807) is 12.1 Å². The van der Waals surface area contributed by atoms with E-state index in [9.17, 15) is 9.18 Å². The minimum atomic E-state index is -0.185. The summed E-state index contributed by atoms with van der Waals surface area (Å²) < 4.78 is 13.8. The summed E-state index contributed by atoms with van der Waals surface area (Å²) in [5.74, 6) is 0.0135. The molecule has 25 heavy (non-hydrogen) atoms. The SMILES string of the molecule is O=C1CC[C@@H](CCNCc2ccccc2)N1CCc1ccccc1F. The van der Waals surface area contributed by atoms with Crippen LogP contribution in [0.1, 0.15) is 30.4 Å². The molecular formula is C21H25FN2O. The lowest BCUT2D eigenvalue weighted by molar-refractivity contribution is -0.129. The average Bonchev–Trinajstić information content (AvgIpc) is 2.99. The van der Waals surface area contributed by atoms with E-state index in [2.05, 4.69) is 17.4 Å². The van der Waals surface area contributed by atoms with Crippen molar-refractivity contribution in [2.45, 2.75) is 38.3 Å². The van der Waals surface area contributed by atoms with E-state index in [1.807, 2.05) is 29.2 Å². The summed E-state index contributed by atoms with van der Waals surface area (Å²) in [5, 5.41) is 3.45. The summed E-state index contributed by atoms with van der Waals surface area (Å²) in [6, 6.07) is 17.4. The molecule has 1 saturated heterocycles. The Morgan fingerprint density at radius 1 is 1.08 bits per heavy atom. The zero-order valence-electron chi connectivity index (χ0n) is 14.5. The minimum Gasteiger partial charge on any atom is -0.339 e. The number of halogens is 1. The van der Waals surface area contributed by atoms with Crippen LogP contribution >= 0.6 is 0 Å². The van der Waals surface area contributed by atoms with Gasteiger partial charge in [-0.2, -0.15) is 0 Å². The van der Waals surface area contributed by atoms with Crippen LogP contribution in [0.15, 0.2) is 54.6 Å². The number of benzene rings is 2. The smallest absolute Gasteiger partial charge is 0.222 e. The van der Waals surface area contributed by atoms with Gasteiger partial charge in [0.2, 0.25) is 5.91 Å². The van der Waals surface area contributed by atoms with Gasteiger partial charge in [-0.15, -0.1) is 0 Å². The number of amides is 1. The third kappa shape index (κ3) is 4.89. The van der Waals surface area contributed by atoms with Crippen LogP contribution in [0.25, 0.3) is 0 Å². The van der Waals surface area contributed by atoms with E-state index in [4.69, 9.17) is 0 Å². The Morgan fingerprint density at radius 3 is 2.64 bits per heavy atom. The number of carbonyl (C=O) groups is 1. The molecule has 0 aliphatic carbocycles. The van der Waals surface area contributed by atoms with Gasteiger partial charge >= 0.3 is 0 Å². The van der Waals surface area contributed by atoms with E-state index in [-0.39, 0.29) is 17.8 Å². The molecule has 3 nitrogen and oxygen atoms in total. The maximum absolute atomic E-state index is 13.8. The van der Waals surface area contributed by atoms with Crippen molar-refractivity contribution in [3.8, 4) is 0 Å². The third-order valence-corrected chi connectivity index (χ3v) is 4.86. The lowest BCUT2D eigenvalue weighted by Gasteiger charge is -2.25. The van der Waals surface area contributed by atoms with Crippen molar-refractivity contribution in [1.29, 1.82) is 0 Å². The molecule has 0 radical (unpaired) electrons. The maximum atomic E-state index is 13.8. The molecular weight excluding hydrogens is 315 g/mol. The van der Waals surface area contributed by atoms with Crippen molar-refractivity contribution in [2.75, 3.05) is 13.1 Å². The van der Waals surface area contributed by atoms with Crippen molar-refractivity contribution >= 4 is 5.91 Å². The van der Waals surface area contributed by atoms with E-state index in [1.165, 1.54) is 11.6 Å². The second-order valence-electron chi connectivity index (χ2n) is 6.57. The Hall–Kier alpha value is -2.20. The van der Waals surface area contributed by atoms with Gasteiger partial charge in [0.1, 0.15) is 5.82 Å². The summed E-state index contributed by atoms with van der Waals surface area (Å²) in [6.07, 6.45) is 3.03. The largest absolute Gasteiger partial charge is 0.339 e. The van der Waals surface area contributed by atoms with Crippen molar-refractivity contribution in [1.82, 2.24) is 10.2 Å². The number of hydrogen-bond acceptors (Lipinski definition) is 2. The quantitative estimate of drug-likeness (QED) is 0.746. The Bertz CT molecular complexity index is 689.